The first-order chi connectivity index (χ1) is 5.88. The maximum atomic E-state index is 5.93. The van der Waals surface area contributed by atoms with Crippen LogP contribution in [0.5, 0.6) is 0 Å². The Morgan fingerprint density at radius 1 is 1.23 bits per heavy atom. The highest BCUT2D eigenvalue weighted by atomic mass is 14.6. The molecule has 13 heavy (non-hydrogen) atoms. The Morgan fingerprint density at radius 3 is 2.31 bits per heavy atom. The van der Waals surface area contributed by atoms with E-state index in [1.165, 1.54) is 11.1 Å². The van der Waals surface area contributed by atoms with Gasteiger partial charge in [-0.15, -0.1) is 0 Å². The van der Waals surface area contributed by atoms with E-state index < -0.39 is 0 Å². The van der Waals surface area contributed by atoms with Crippen LogP contribution in [0.25, 0.3) is 0 Å². The van der Waals surface area contributed by atoms with Gasteiger partial charge < -0.3 is 5.73 Å². The highest BCUT2D eigenvalue weighted by Gasteiger charge is 2.12. The number of nitrogens with two attached hydrogens (primary N) is 1. The zero-order valence-electron chi connectivity index (χ0n) is 9.02. The van der Waals surface area contributed by atoms with Crippen LogP contribution in [0.2, 0.25) is 0 Å². The topological polar surface area (TPSA) is 26.0 Å². The van der Waals surface area contributed by atoms with Crippen molar-refractivity contribution >= 4 is 5.69 Å². The molecule has 0 heterocycles. The van der Waals surface area contributed by atoms with E-state index in [0.717, 1.165) is 12.1 Å². The lowest BCUT2D eigenvalue weighted by molar-refractivity contribution is 0.412. The quantitative estimate of drug-likeness (QED) is 0.655. The minimum Gasteiger partial charge on any atom is -0.398 e. The third-order valence-electron chi connectivity index (χ3n) is 2.02. The van der Waals surface area contributed by atoms with Crippen LogP contribution in [-0.4, -0.2) is 0 Å². The molecule has 0 aliphatic rings. The summed E-state index contributed by atoms with van der Waals surface area (Å²) in [6.07, 6.45) is 1.04. The van der Waals surface area contributed by atoms with Crippen molar-refractivity contribution in [2.45, 2.75) is 34.1 Å². The van der Waals surface area contributed by atoms with E-state index in [2.05, 4.69) is 39.8 Å². The van der Waals surface area contributed by atoms with Crippen molar-refractivity contribution in [2.24, 2.45) is 5.41 Å². The Labute approximate surface area is 81.0 Å². The van der Waals surface area contributed by atoms with Gasteiger partial charge in [-0.05, 0) is 36.0 Å². The van der Waals surface area contributed by atoms with E-state index >= 15 is 0 Å². The smallest absolute Gasteiger partial charge is 0.0349 e. The van der Waals surface area contributed by atoms with Gasteiger partial charge in [0, 0.05) is 5.69 Å². The zero-order valence-corrected chi connectivity index (χ0v) is 9.02. The first-order valence-corrected chi connectivity index (χ1v) is 4.73. The maximum absolute atomic E-state index is 5.93. The first kappa shape index (κ1) is 10.1. The fourth-order valence-electron chi connectivity index (χ4n) is 1.45. The predicted molar refractivity (Wildman–Crippen MR) is 58.8 cm³/mol. The van der Waals surface area contributed by atoms with Crippen molar-refractivity contribution in [3.05, 3.63) is 29.3 Å². The minimum atomic E-state index is 0.309. The molecule has 0 aliphatic carbocycles. The van der Waals surface area contributed by atoms with E-state index in [9.17, 15) is 0 Å². The van der Waals surface area contributed by atoms with Crippen LogP contribution >= 0.6 is 0 Å². The van der Waals surface area contributed by atoms with Crippen LogP contribution in [0, 0.1) is 12.3 Å². The molecule has 0 spiro atoms. The van der Waals surface area contributed by atoms with E-state index in [0.29, 0.717) is 5.41 Å². The van der Waals surface area contributed by atoms with Crippen LogP contribution in [0.4, 0.5) is 5.69 Å². The van der Waals surface area contributed by atoms with Crippen molar-refractivity contribution in [3.63, 3.8) is 0 Å². The summed E-state index contributed by atoms with van der Waals surface area (Å²) in [5.41, 5.74) is 9.66. The van der Waals surface area contributed by atoms with Crippen molar-refractivity contribution in [1.29, 1.82) is 0 Å². The lowest BCUT2D eigenvalue weighted by Crippen LogP contribution is -2.10. The first-order valence-electron chi connectivity index (χ1n) is 4.73. The summed E-state index contributed by atoms with van der Waals surface area (Å²) in [7, 11) is 0. The third kappa shape index (κ3) is 3.10. The maximum Gasteiger partial charge on any atom is 0.0349 e. The molecule has 0 saturated carbocycles. The number of hydrogen-bond acceptors (Lipinski definition) is 1. The lowest BCUT2D eigenvalue weighted by atomic mass is 9.87. The molecule has 0 atom stereocenters. The molecule has 1 aromatic rings. The average molecular weight is 177 g/mol. The largest absolute Gasteiger partial charge is 0.398 e. The van der Waals surface area contributed by atoms with Crippen LogP contribution < -0.4 is 5.73 Å². The number of hydrogen-bond donors (Lipinski definition) is 1. The second-order valence-electron chi connectivity index (χ2n) is 4.94. The van der Waals surface area contributed by atoms with Gasteiger partial charge in [0.05, 0.1) is 0 Å². The van der Waals surface area contributed by atoms with Gasteiger partial charge in [-0.1, -0.05) is 32.9 Å². The normalized spacial score (nSPS) is 11.7. The van der Waals surface area contributed by atoms with Crippen molar-refractivity contribution in [3.8, 4) is 0 Å². The van der Waals surface area contributed by atoms with E-state index in [-0.39, 0.29) is 0 Å². The van der Waals surface area contributed by atoms with Gasteiger partial charge in [-0.3, -0.25) is 0 Å². The monoisotopic (exact) mass is 177 g/mol. The van der Waals surface area contributed by atoms with Crippen LogP contribution in [0.1, 0.15) is 31.9 Å². The van der Waals surface area contributed by atoms with Crippen molar-refractivity contribution < 1.29 is 0 Å². The molecule has 1 heteroatoms. The SMILES string of the molecule is Cc1ccc(CC(C)(C)C)c(N)c1. The number of aryl methyl sites for hydroxylation is 1. The molecule has 0 aromatic heterocycles. The molecule has 2 N–H and O–H groups in total. The second-order valence-corrected chi connectivity index (χ2v) is 4.94. The lowest BCUT2D eigenvalue weighted by Gasteiger charge is -2.19. The number of anilines is 1. The summed E-state index contributed by atoms with van der Waals surface area (Å²) in [5.74, 6) is 0. The van der Waals surface area contributed by atoms with Gasteiger partial charge in [0.15, 0.2) is 0 Å². The molecule has 0 amide bonds. The fourth-order valence-corrected chi connectivity index (χ4v) is 1.45. The standard InChI is InChI=1S/C12H19N/c1-9-5-6-10(11(13)7-9)8-12(2,3)4/h5-7H,8,13H2,1-4H3. The Hall–Kier alpha value is -0.980. The molecule has 0 saturated heterocycles. The van der Waals surface area contributed by atoms with Crippen LogP contribution in [-0.2, 0) is 6.42 Å². The van der Waals surface area contributed by atoms with Crippen molar-refractivity contribution in [1.82, 2.24) is 0 Å². The van der Waals surface area contributed by atoms with E-state index in [4.69, 9.17) is 5.73 Å². The van der Waals surface area contributed by atoms with Gasteiger partial charge in [-0.2, -0.15) is 0 Å². The highest BCUT2D eigenvalue weighted by molar-refractivity contribution is 5.49. The molecule has 0 bridgehead atoms. The van der Waals surface area contributed by atoms with Gasteiger partial charge in [0.1, 0.15) is 0 Å². The zero-order chi connectivity index (χ0) is 10.1. The summed E-state index contributed by atoms with van der Waals surface area (Å²) in [6.45, 7) is 8.75. The number of benzene rings is 1. The molecule has 1 nitrogen and oxygen atoms in total. The van der Waals surface area contributed by atoms with Gasteiger partial charge >= 0.3 is 0 Å². The Balaban J connectivity index is 2.90. The molecule has 1 aromatic carbocycles. The fraction of sp³-hybridized carbons (Fsp3) is 0.500. The Morgan fingerprint density at radius 2 is 1.85 bits per heavy atom. The third-order valence-corrected chi connectivity index (χ3v) is 2.02. The molecule has 0 fully saturated rings. The molecule has 0 radical (unpaired) electrons. The summed E-state index contributed by atoms with van der Waals surface area (Å²) in [6, 6.07) is 6.30. The van der Waals surface area contributed by atoms with E-state index in [1.807, 2.05) is 6.07 Å². The summed E-state index contributed by atoms with van der Waals surface area (Å²) >= 11 is 0. The summed E-state index contributed by atoms with van der Waals surface area (Å²) in [5, 5.41) is 0. The average Bonchev–Trinajstić information content (AvgIpc) is 1.93. The molecule has 72 valence electrons. The molecule has 0 unspecified atom stereocenters. The number of rotatable bonds is 1. The van der Waals surface area contributed by atoms with E-state index in [1.54, 1.807) is 0 Å². The molecule has 1 rings (SSSR count). The van der Waals surface area contributed by atoms with Crippen LogP contribution in [0.3, 0.4) is 0 Å². The molecular weight excluding hydrogens is 158 g/mol. The van der Waals surface area contributed by atoms with Gasteiger partial charge in [0.25, 0.3) is 0 Å². The minimum absolute atomic E-state index is 0.309. The second kappa shape index (κ2) is 3.41. The van der Waals surface area contributed by atoms with Gasteiger partial charge in [-0.25, -0.2) is 0 Å². The molecule has 0 aliphatic heterocycles. The van der Waals surface area contributed by atoms with Gasteiger partial charge in [0.2, 0.25) is 0 Å². The summed E-state index contributed by atoms with van der Waals surface area (Å²) in [4.78, 5) is 0. The summed E-state index contributed by atoms with van der Waals surface area (Å²) < 4.78 is 0. The van der Waals surface area contributed by atoms with Crippen molar-refractivity contribution in [2.75, 3.05) is 5.73 Å². The van der Waals surface area contributed by atoms with Crippen LogP contribution in [0.15, 0.2) is 18.2 Å². The highest BCUT2D eigenvalue weighted by Crippen LogP contribution is 2.24. The predicted octanol–water partition coefficient (Wildman–Crippen LogP) is 3.17. The Bertz CT molecular complexity index is 294. The Kier molecular flexibility index (Phi) is 2.65. The number of nitrogen functional groups attached to an aromatic ring is 1. The molecular formula is C12H19N.